The number of nitrogens with zero attached hydrogens (tertiary/aromatic N) is 4. The van der Waals surface area contributed by atoms with Gasteiger partial charge in [-0.25, -0.2) is 15.0 Å². The van der Waals surface area contributed by atoms with Crippen LogP contribution in [0.3, 0.4) is 0 Å². The van der Waals surface area contributed by atoms with Gasteiger partial charge in [-0.2, -0.15) is 0 Å². The molecule has 116 valence electrons. The highest BCUT2D eigenvalue weighted by Gasteiger charge is 2.08. The largest absolute Gasteiger partial charge is 0.351 e. The second kappa shape index (κ2) is 7.55. The Balaban J connectivity index is 1.57. The quantitative estimate of drug-likeness (QED) is 0.702. The van der Waals surface area contributed by atoms with Gasteiger partial charge in [0.15, 0.2) is 0 Å². The van der Waals surface area contributed by atoms with Crippen molar-refractivity contribution >= 4 is 17.7 Å². The van der Waals surface area contributed by atoms with E-state index in [1.807, 2.05) is 41.1 Å². The van der Waals surface area contributed by atoms with E-state index in [1.54, 1.807) is 24.9 Å². The zero-order chi connectivity index (χ0) is 15.9. The Morgan fingerprint density at radius 3 is 2.83 bits per heavy atom. The van der Waals surface area contributed by atoms with Crippen LogP contribution in [0.15, 0.2) is 66.5 Å². The molecule has 0 aromatic carbocycles. The van der Waals surface area contributed by atoms with Crippen LogP contribution >= 0.6 is 11.8 Å². The molecule has 0 bridgehead atoms. The number of aromatic nitrogens is 4. The van der Waals surface area contributed by atoms with Crippen molar-refractivity contribution in [2.75, 3.05) is 5.75 Å². The first kappa shape index (κ1) is 15.2. The van der Waals surface area contributed by atoms with Crippen molar-refractivity contribution in [2.45, 2.75) is 11.6 Å². The molecule has 23 heavy (non-hydrogen) atoms. The SMILES string of the molecule is O=C(CSc1ccccn1)NCc1cccnc1-n1ccnc1. The first-order valence-corrected chi connectivity index (χ1v) is 8.04. The fourth-order valence-electron chi connectivity index (χ4n) is 2.00. The third kappa shape index (κ3) is 4.17. The first-order valence-electron chi connectivity index (χ1n) is 7.05. The molecule has 0 saturated heterocycles. The Morgan fingerprint density at radius 1 is 1.13 bits per heavy atom. The summed E-state index contributed by atoms with van der Waals surface area (Å²) in [7, 11) is 0. The van der Waals surface area contributed by atoms with Crippen molar-refractivity contribution in [3.05, 3.63) is 67.0 Å². The Hall–Kier alpha value is -2.67. The number of hydrogen-bond donors (Lipinski definition) is 1. The number of carbonyl (C=O) groups excluding carboxylic acids is 1. The van der Waals surface area contributed by atoms with Crippen molar-refractivity contribution < 1.29 is 4.79 Å². The Labute approximate surface area is 138 Å². The second-order valence-corrected chi connectivity index (χ2v) is 5.69. The third-order valence-corrected chi connectivity index (χ3v) is 4.03. The fourth-order valence-corrected chi connectivity index (χ4v) is 2.69. The van der Waals surface area contributed by atoms with E-state index in [0.29, 0.717) is 12.3 Å². The Kier molecular flexibility index (Phi) is 5.00. The van der Waals surface area contributed by atoms with Crippen LogP contribution in [0.2, 0.25) is 0 Å². The van der Waals surface area contributed by atoms with Crippen LogP contribution in [0, 0.1) is 0 Å². The van der Waals surface area contributed by atoms with Crippen molar-refractivity contribution in [1.29, 1.82) is 0 Å². The molecule has 6 nitrogen and oxygen atoms in total. The third-order valence-electron chi connectivity index (χ3n) is 3.08. The van der Waals surface area contributed by atoms with Crippen LogP contribution in [-0.2, 0) is 11.3 Å². The Morgan fingerprint density at radius 2 is 2.04 bits per heavy atom. The van der Waals surface area contributed by atoms with E-state index in [2.05, 4.69) is 20.3 Å². The van der Waals surface area contributed by atoms with Crippen molar-refractivity contribution in [1.82, 2.24) is 24.8 Å². The van der Waals surface area contributed by atoms with Crippen LogP contribution in [0.1, 0.15) is 5.56 Å². The molecule has 0 aliphatic carbocycles. The monoisotopic (exact) mass is 325 g/mol. The number of nitrogens with one attached hydrogen (secondary N) is 1. The molecule has 0 unspecified atom stereocenters. The van der Waals surface area contributed by atoms with Gasteiger partial charge in [0.1, 0.15) is 12.1 Å². The molecule has 0 atom stereocenters. The van der Waals surface area contributed by atoms with E-state index in [9.17, 15) is 4.79 Å². The maximum Gasteiger partial charge on any atom is 0.230 e. The van der Waals surface area contributed by atoms with Crippen molar-refractivity contribution in [3.63, 3.8) is 0 Å². The summed E-state index contributed by atoms with van der Waals surface area (Å²) in [6.45, 7) is 0.420. The summed E-state index contributed by atoms with van der Waals surface area (Å²) in [5.74, 6) is 1.06. The van der Waals surface area contributed by atoms with E-state index in [1.165, 1.54) is 11.8 Å². The van der Waals surface area contributed by atoms with Gasteiger partial charge in [-0.15, -0.1) is 0 Å². The molecule has 0 saturated carbocycles. The van der Waals surface area contributed by atoms with Crippen molar-refractivity contribution in [3.8, 4) is 5.82 Å². The number of hydrogen-bond acceptors (Lipinski definition) is 5. The summed E-state index contributed by atoms with van der Waals surface area (Å²) in [6, 6.07) is 9.43. The lowest BCUT2D eigenvalue weighted by Gasteiger charge is -2.10. The molecule has 0 aliphatic rings. The lowest BCUT2D eigenvalue weighted by Crippen LogP contribution is -2.25. The number of thioether (sulfide) groups is 1. The van der Waals surface area contributed by atoms with Crippen LogP contribution in [0.25, 0.3) is 5.82 Å². The molecule has 0 fully saturated rings. The highest BCUT2D eigenvalue weighted by atomic mass is 32.2. The minimum atomic E-state index is -0.0407. The number of amides is 1. The number of rotatable bonds is 6. The summed E-state index contributed by atoms with van der Waals surface area (Å²) >= 11 is 1.41. The van der Waals surface area contributed by atoms with Crippen LogP contribution in [-0.4, -0.2) is 31.2 Å². The molecular formula is C16H15N5OS. The van der Waals surface area contributed by atoms with Gasteiger partial charge in [0.2, 0.25) is 5.91 Å². The van der Waals surface area contributed by atoms with Gasteiger partial charge >= 0.3 is 0 Å². The van der Waals surface area contributed by atoms with Gasteiger partial charge in [-0.3, -0.25) is 9.36 Å². The molecule has 3 rings (SSSR count). The summed E-state index contributed by atoms with van der Waals surface area (Å²) in [6.07, 6.45) is 8.64. The van der Waals surface area contributed by atoms with E-state index in [0.717, 1.165) is 16.4 Å². The minimum absolute atomic E-state index is 0.0407. The zero-order valence-corrected chi connectivity index (χ0v) is 13.1. The maximum absolute atomic E-state index is 12.0. The molecular weight excluding hydrogens is 310 g/mol. The zero-order valence-electron chi connectivity index (χ0n) is 12.3. The van der Waals surface area contributed by atoms with Gasteiger partial charge in [-0.1, -0.05) is 23.9 Å². The highest BCUT2D eigenvalue weighted by Crippen LogP contribution is 2.14. The second-order valence-electron chi connectivity index (χ2n) is 4.69. The Bertz CT molecular complexity index is 761. The molecule has 0 aliphatic heterocycles. The summed E-state index contributed by atoms with van der Waals surface area (Å²) in [4.78, 5) is 24.5. The van der Waals surface area contributed by atoms with Gasteiger partial charge in [0.05, 0.1) is 10.8 Å². The average Bonchev–Trinajstić information content (AvgIpc) is 3.14. The van der Waals surface area contributed by atoms with Gasteiger partial charge < -0.3 is 5.32 Å². The predicted molar refractivity (Wildman–Crippen MR) is 88.2 cm³/mol. The molecule has 7 heteroatoms. The van der Waals surface area contributed by atoms with E-state index in [-0.39, 0.29) is 5.91 Å². The maximum atomic E-state index is 12.0. The molecule has 3 heterocycles. The molecule has 0 radical (unpaired) electrons. The number of imidazole rings is 1. The predicted octanol–water partition coefficient (Wildman–Crippen LogP) is 2.07. The van der Waals surface area contributed by atoms with Crippen LogP contribution in [0.4, 0.5) is 0 Å². The van der Waals surface area contributed by atoms with E-state index >= 15 is 0 Å². The standard InChI is InChI=1S/C16H15N5OS/c22-14(11-23-15-5-1-2-6-18-15)20-10-13-4-3-7-19-16(13)21-9-8-17-12-21/h1-9,12H,10-11H2,(H,20,22). The summed E-state index contributed by atoms with van der Waals surface area (Å²) < 4.78 is 1.82. The van der Waals surface area contributed by atoms with Gasteiger partial charge in [-0.05, 0) is 18.2 Å². The number of pyridine rings is 2. The molecule has 0 spiro atoms. The van der Waals surface area contributed by atoms with Crippen LogP contribution < -0.4 is 5.32 Å². The molecule has 1 N–H and O–H groups in total. The van der Waals surface area contributed by atoms with Gasteiger partial charge in [0, 0.05) is 36.9 Å². The molecule has 3 aromatic heterocycles. The van der Waals surface area contributed by atoms with E-state index < -0.39 is 0 Å². The lowest BCUT2D eigenvalue weighted by atomic mass is 10.2. The fraction of sp³-hybridized carbons (Fsp3) is 0.125. The minimum Gasteiger partial charge on any atom is -0.351 e. The topological polar surface area (TPSA) is 72.7 Å². The smallest absolute Gasteiger partial charge is 0.230 e. The van der Waals surface area contributed by atoms with Crippen LogP contribution in [0.5, 0.6) is 0 Å². The van der Waals surface area contributed by atoms with Gasteiger partial charge in [0.25, 0.3) is 0 Å². The summed E-state index contributed by atoms with van der Waals surface area (Å²) in [5, 5.41) is 3.75. The molecule has 3 aromatic rings. The molecule has 1 amide bonds. The number of carbonyl (C=O) groups is 1. The normalized spacial score (nSPS) is 10.4. The average molecular weight is 325 g/mol. The first-order chi connectivity index (χ1) is 11.3. The highest BCUT2D eigenvalue weighted by molar-refractivity contribution is 7.99. The van der Waals surface area contributed by atoms with Crippen molar-refractivity contribution in [2.24, 2.45) is 0 Å². The lowest BCUT2D eigenvalue weighted by molar-refractivity contribution is -0.118. The van der Waals surface area contributed by atoms with E-state index in [4.69, 9.17) is 0 Å². The summed E-state index contributed by atoms with van der Waals surface area (Å²) in [5.41, 5.74) is 0.932.